The van der Waals surface area contributed by atoms with Crippen LogP contribution in [-0.2, 0) is 4.79 Å². The lowest BCUT2D eigenvalue weighted by molar-refractivity contribution is -0.124. The van der Waals surface area contributed by atoms with Crippen LogP contribution in [0.1, 0.15) is 29.8 Å². The van der Waals surface area contributed by atoms with Gasteiger partial charge in [-0.05, 0) is 55.3 Å². The summed E-state index contributed by atoms with van der Waals surface area (Å²) in [5, 5.41) is 13.2. The minimum Gasteiger partial charge on any atom is -0.495 e. The highest BCUT2D eigenvalue weighted by Gasteiger charge is 2.37. The van der Waals surface area contributed by atoms with Crippen LogP contribution in [0, 0.1) is 12.7 Å². The highest BCUT2D eigenvalue weighted by Crippen LogP contribution is 2.29. The van der Waals surface area contributed by atoms with E-state index in [2.05, 4.69) is 15.3 Å². The van der Waals surface area contributed by atoms with Crippen molar-refractivity contribution in [2.75, 3.05) is 20.3 Å². The van der Waals surface area contributed by atoms with E-state index < -0.39 is 11.9 Å². The van der Waals surface area contributed by atoms with E-state index in [9.17, 15) is 14.3 Å². The molecule has 176 valence electrons. The van der Waals surface area contributed by atoms with Crippen molar-refractivity contribution in [3.63, 3.8) is 0 Å². The van der Waals surface area contributed by atoms with Crippen LogP contribution in [0.25, 0.3) is 11.8 Å². The van der Waals surface area contributed by atoms with Crippen LogP contribution in [0.5, 0.6) is 5.75 Å². The molecule has 1 amide bonds. The van der Waals surface area contributed by atoms with Gasteiger partial charge in [-0.2, -0.15) is 0 Å². The number of guanidine groups is 1. The van der Waals surface area contributed by atoms with Gasteiger partial charge in [-0.3, -0.25) is 14.7 Å². The highest BCUT2D eigenvalue weighted by molar-refractivity contribution is 6.15. The molecule has 0 saturated carbocycles. The lowest BCUT2D eigenvalue weighted by atomic mass is 10.1. The largest absolute Gasteiger partial charge is 0.495 e. The van der Waals surface area contributed by atoms with Crippen molar-refractivity contribution in [1.82, 2.24) is 19.8 Å². The van der Waals surface area contributed by atoms with Crippen molar-refractivity contribution in [1.29, 1.82) is 0 Å². The number of aryl methyl sites for hydroxylation is 1. The molecule has 1 aromatic heterocycles. The summed E-state index contributed by atoms with van der Waals surface area (Å²) in [5.41, 5.74) is 3.36. The maximum absolute atomic E-state index is 13.4. The Morgan fingerprint density at radius 2 is 2.03 bits per heavy atom. The zero-order valence-electron chi connectivity index (χ0n) is 19.2. The number of carbonyl (C=O) groups excluding carboxylic acids is 1. The fourth-order valence-corrected chi connectivity index (χ4v) is 3.85. The molecule has 1 aliphatic rings. The third kappa shape index (κ3) is 4.55. The van der Waals surface area contributed by atoms with Crippen molar-refractivity contribution in [2.45, 2.75) is 19.9 Å². The molecular formula is C25H26FN5O3. The van der Waals surface area contributed by atoms with Crippen LogP contribution in [0.3, 0.4) is 0 Å². The number of hydrogen-bond acceptors (Lipinski definition) is 5. The second kappa shape index (κ2) is 9.88. The number of aliphatic hydroxyl groups is 1. The van der Waals surface area contributed by atoms with Gasteiger partial charge in [0.25, 0.3) is 5.91 Å². The van der Waals surface area contributed by atoms with Crippen LogP contribution in [-0.4, -0.2) is 51.7 Å². The second-order valence-electron chi connectivity index (χ2n) is 7.76. The lowest BCUT2D eigenvalue weighted by Gasteiger charge is -2.25. The average Bonchev–Trinajstić information content (AvgIpc) is 3.39. The number of nitrogens with zero attached hydrogens (tertiary/aromatic N) is 4. The molecule has 1 atom stereocenters. The average molecular weight is 464 g/mol. The van der Waals surface area contributed by atoms with Gasteiger partial charge in [0.15, 0.2) is 0 Å². The minimum absolute atomic E-state index is 0.307. The summed E-state index contributed by atoms with van der Waals surface area (Å²) in [6, 6.07) is 10.6. The predicted octanol–water partition coefficient (Wildman–Crippen LogP) is 3.21. The van der Waals surface area contributed by atoms with Crippen molar-refractivity contribution >= 4 is 17.9 Å². The molecule has 1 aliphatic heterocycles. The van der Waals surface area contributed by atoms with Gasteiger partial charge in [-0.15, -0.1) is 0 Å². The van der Waals surface area contributed by atoms with E-state index in [1.165, 1.54) is 17.0 Å². The van der Waals surface area contributed by atoms with Crippen molar-refractivity contribution in [3.05, 3.63) is 83.3 Å². The number of methoxy groups -OCH3 is 1. The molecule has 0 radical (unpaired) electrons. The molecule has 2 heterocycles. The van der Waals surface area contributed by atoms with Crippen LogP contribution in [0.2, 0.25) is 0 Å². The Labute approximate surface area is 197 Å². The zero-order valence-corrected chi connectivity index (χ0v) is 19.2. The van der Waals surface area contributed by atoms with Gasteiger partial charge >= 0.3 is 0 Å². The normalized spacial score (nSPS) is 16.9. The number of aliphatic hydroxyl groups excluding tert-OH is 1. The van der Waals surface area contributed by atoms with Gasteiger partial charge < -0.3 is 19.7 Å². The number of aliphatic imine (C=N–C) groups is 1. The maximum atomic E-state index is 13.4. The SMILES string of the molecule is CCN=C1NC(=Cc2ccc(-n3cnc(C)c3)c(OC)c2)C(=O)N1[C@H](CO)c1ccc(F)cc1. The van der Waals surface area contributed by atoms with Crippen LogP contribution in [0.15, 0.2) is 65.7 Å². The molecule has 8 nitrogen and oxygen atoms in total. The van der Waals surface area contributed by atoms with Crippen molar-refractivity contribution in [2.24, 2.45) is 4.99 Å². The van der Waals surface area contributed by atoms with Gasteiger partial charge in [0.05, 0.1) is 37.5 Å². The highest BCUT2D eigenvalue weighted by atomic mass is 19.1. The molecule has 34 heavy (non-hydrogen) atoms. The third-order valence-electron chi connectivity index (χ3n) is 5.48. The van der Waals surface area contributed by atoms with Gasteiger partial charge in [-0.25, -0.2) is 9.37 Å². The predicted molar refractivity (Wildman–Crippen MR) is 127 cm³/mol. The first kappa shape index (κ1) is 23.2. The van der Waals surface area contributed by atoms with Gasteiger partial charge in [0, 0.05) is 12.7 Å². The molecule has 2 aromatic carbocycles. The fraction of sp³-hybridized carbons (Fsp3) is 0.240. The van der Waals surface area contributed by atoms with E-state index in [1.54, 1.807) is 31.6 Å². The van der Waals surface area contributed by atoms with Crippen LogP contribution in [0.4, 0.5) is 4.39 Å². The molecular weight excluding hydrogens is 437 g/mol. The molecule has 0 spiro atoms. The number of carbonyl (C=O) groups is 1. The van der Waals surface area contributed by atoms with E-state index in [1.807, 2.05) is 42.8 Å². The van der Waals surface area contributed by atoms with Gasteiger partial charge in [0.2, 0.25) is 5.96 Å². The van der Waals surface area contributed by atoms with E-state index >= 15 is 0 Å². The first-order valence-corrected chi connectivity index (χ1v) is 10.9. The molecule has 0 aliphatic carbocycles. The molecule has 0 bridgehead atoms. The van der Waals surface area contributed by atoms with Crippen molar-refractivity contribution in [3.8, 4) is 11.4 Å². The van der Waals surface area contributed by atoms with Crippen LogP contribution < -0.4 is 10.1 Å². The topological polar surface area (TPSA) is 92.0 Å². The summed E-state index contributed by atoms with van der Waals surface area (Å²) in [5.74, 6) is 0.220. The number of benzene rings is 2. The zero-order chi connectivity index (χ0) is 24.2. The smallest absolute Gasteiger partial charge is 0.277 e. The molecule has 9 heteroatoms. The lowest BCUT2D eigenvalue weighted by Crippen LogP contribution is -2.38. The molecule has 4 rings (SSSR count). The summed E-state index contributed by atoms with van der Waals surface area (Å²) in [4.78, 5) is 23.4. The van der Waals surface area contributed by atoms with Crippen molar-refractivity contribution < 1.29 is 19.0 Å². The maximum Gasteiger partial charge on any atom is 0.277 e. The number of ether oxygens (including phenoxy) is 1. The quantitative estimate of drug-likeness (QED) is 0.525. The van der Waals surface area contributed by atoms with Gasteiger partial charge in [-0.1, -0.05) is 18.2 Å². The Hall–Kier alpha value is -3.98. The fourth-order valence-electron chi connectivity index (χ4n) is 3.85. The van der Waals surface area contributed by atoms with E-state index in [4.69, 9.17) is 4.74 Å². The van der Waals surface area contributed by atoms with Crippen LogP contribution >= 0.6 is 0 Å². The first-order chi connectivity index (χ1) is 16.4. The molecule has 1 fully saturated rings. The van der Waals surface area contributed by atoms with E-state index in [-0.39, 0.29) is 12.5 Å². The molecule has 3 aromatic rings. The Kier molecular flexibility index (Phi) is 6.74. The Balaban J connectivity index is 1.68. The number of amides is 1. The molecule has 2 N–H and O–H groups in total. The molecule has 0 unspecified atom stereocenters. The molecule has 1 saturated heterocycles. The monoisotopic (exact) mass is 463 g/mol. The number of nitrogens with one attached hydrogen (secondary N) is 1. The number of aromatic nitrogens is 2. The Morgan fingerprint density at radius 1 is 1.26 bits per heavy atom. The third-order valence-corrected chi connectivity index (χ3v) is 5.48. The second-order valence-corrected chi connectivity index (χ2v) is 7.76. The Bertz CT molecular complexity index is 1250. The summed E-state index contributed by atoms with van der Waals surface area (Å²) < 4.78 is 20.8. The van der Waals surface area contributed by atoms with E-state index in [0.29, 0.717) is 29.5 Å². The number of imidazole rings is 1. The number of rotatable bonds is 7. The first-order valence-electron chi connectivity index (χ1n) is 10.9. The summed E-state index contributed by atoms with van der Waals surface area (Å²) in [7, 11) is 1.58. The number of halogens is 1. The standard InChI is InChI=1S/C25H26FN5O3/c1-4-27-25-29-20(24(33)31(25)22(14-32)18-6-8-19(26)9-7-18)11-17-5-10-21(23(12-17)34-3)30-13-16(2)28-15-30/h5-13,15,22,32H,4,14H2,1-3H3,(H,27,29)/t22-/m1/s1. The summed E-state index contributed by atoms with van der Waals surface area (Å²) in [6.07, 6.45) is 5.31. The Morgan fingerprint density at radius 3 is 2.65 bits per heavy atom. The van der Waals surface area contributed by atoms with Gasteiger partial charge in [0.1, 0.15) is 17.3 Å². The number of hydrogen-bond donors (Lipinski definition) is 2. The minimum atomic E-state index is -0.710. The van der Waals surface area contributed by atoms with E-state index in [0.717, 1.165) is 16.9 Å². The summed E-state index contributed by atoms with van der Waals surface area (Å²) >= 11 is 0. The summed E-state index contributed by atoms with van der Waals surface area (Å²) in [6.45, 7) is 3.86.